The molecular weight excluding hydrogens is 254 g/mol. The quantitative estimate of drug-likeness (QED) is 0.883. The van der Waals surface area contributed by atoms with Crippen LogP contribution in [0.2, 0.25) is 0 Å². The molecule has 0 aliphatic rings. The van der Waals surface area contributed by atoms with Crippen LogP contribution in [0, 0.1) is 18.3 Å². The Labute approximate surface area is 96.5 Å². The van der Waals surface area contributed by atoms with Gasteiger partial charge < -0.3 is 4.74 Å². The van der Waals surface area contributed by atoms with Crippen molar-refractivity contribution in [2.45, 2.75) is 18.4 Å². The van der Waals surface area contributed by atoms with Crippen LogP contribution in [0.1, 0.15) is 11.1 Å². The zero-order chi connectivity index (χ0) is 13.2. The normalized spacial score (nSPS) is 11.3. The van der Waals surface area contributed by atoms with Crippen molar-refractivity contribution < 1.29 is 21.9 Å². The van der Waals surface area contributed by atoms with Crippen LogP contribution in [-0.4, -0.2) is 15.0 Å². The summed E-state index contributed by atoms with van der Waals surface area (Å²) in [6.45, 7) is -1.76. The molecule has 0 heterocycles. The lowest BCUT2D eigenvalue weighted by molar-refractivity contribution is -0.0500. The molecule has 0 fully saturated rings. The molecule has 0 aliphatic heterocycles. The molecule has 92 valence electrons. The molecule has 2 N–H and O–H groups in total. The maximum atomic E-state index is 12.0. The molecule has 0 aliphatic carbocycles. The van der Waals surface area contributed by atoms with Crippen LogP contribution in [0.25, 0.3) is 0 Å². The summed E-state index contributed by atoms with van der Waals surface area (Å²) in [5.41, 5.74) is 0.00351. The van der Waals surface area contributed by atoms with Gasteiger partial charge in [-0.2, -0.15) is 14.0 Å². The van der Waals surface area contributed by atoms with Crippen molar-refractivity contribution in [2.24, 2.45) is 5.14 Å². The molecule has 0 bridgehead atoms. The standard InChI is InChI=1S/C9H8F2N2O3S/c1-5-6(4-12)2-7(16-9(10)11)3-8(5)17(13,14)15/h2-3,9H,1H3,(H2,13,14,15). The van der Waals surface area contributed by atoms with E-state index >= 15 is 0 Å². The molecule has 0 aromatic heterocycles. The van der Waals surface area contributed by atoms with E-state index in [0.717, 1.165) is 12.1 Å². The van der Waals surface area contributed by atoms with E-state index in [1.807, 2.05) is 0 Å². The summed E-state index contributed by atoms with van der Waals surface area (Å²) in [4.78, 5) is -0.410. The van der Waals surface area contributed by atoms with Crippen molar-refractivity contribution in [1.82, 2.24) is 0 Å². The number of rotatable bonds is 3. The first-order valence-corrected chi connectivity index (χ1v) is 5.82. The zero-order valence-electron chi connectivity index (χ0n) is 8.65. The molecule has 8 heteroatoms. The first-order valence-electron chi connectivity index (χ1n) is 4.28. The van der Waals surface area contributed by atoms with Gasteiger partial charge in [-0.25, -0.2) is 13.6 Å². The van der Waals surface area contributed by atoms with Crippen LogP contribution in [0.4, 0.5) is 8.78 Å². The Hall–Kier alpha value is -1.72. The van der Waals surface area contributed by atoms with Gasteiger partial charge in [-0.15, -0.1) is 0 Å². The maximum Gasteiger partial charge on any atom is 0.387 e. The molecule has 0 amide bonds. The molecule has 0 unspecified atom stereocenters. The van der Waals surface area contributed by atoms with Crippen molar-refractivity contribution in [3.63, 3.8) is 0 Å². The lowest BCUT2D eigenvalue weighted by Crippen LogP contribution is -2.15. The number of nitriles is 1. The van der Waals surface area contributed by atoms with Gasteiger partial charge >= 0.3 is 6.61 Å². The summed E-state index contributed by atoms with van der Waals surface area (Å²) >= 11 is 0. The first kappa shape index (κ1) is 13.3. The van der Waals surface area contributed by atoms with Gasteiger partial charge in [0.1, 0.15) is 5.75 Å². The molecule has 0 spiro atoms. The Morgan fingerprint density at radius 2 is 2.06 bits per heavy atom. The summed E-state index contributed by atoms with van der Waals surface area (Å²) in [6, 6.07) is 3.56. The van der Waals surface area contributed by atoms with Gasteiger partial charge in [0, 0.05) is 6.07 Å². The van der Waals surface area contributed by atoms with Crippen molar-refractivity contribution >= 4 is 10.0 Å². The fourth-order valence-corrected chi connectivity index (χ4v) is 2.06. The summed E-state index contributed by atoms with van der Waals surface area (Å²) in [7, 11) is -4.10. The van der Waals surface area contributed by atoms with E-state index < -0.39 is 27.3 Å². The summed E-state index contributed by atoms with van der Waals surface area (Å²) in [5.74, 6) is -0.425. The monoisotopic (exact) mass is 262 g/mol. The summed E-state index contributed by atoms with van der Waals surface area (Å²) in [6.07, 6.45) is 0. The Morgan fingerprint density at radius 1 is 1.47 bits per heavy atom. The first-order chi connectivity index (χ1) is 7.75. The number of ether oxygens (including phenoxy) is 1. The summed E-state index contributed by atoms with van der Waals surface area (Å²) in [5, 5.41) is 13.6. The lowest BCUT2D eigenvalue weighted by Gasteiger charge is -2.09. The SMILES string of the molecule is Cc1c(C#N)cc(OC(F)F)cc1S(N)(=O)=O. The topological polar surface area (TPSA) is 93.2 Å². The number of benzene rings is 1. The van der Waals surface area contributed by atoms with Crippen LogP contribution in [-0.2, 0) is 10.0 Å². The van der Waals surface area contributed by atoms with Crippen molar-refractivity contribution in [3.05, 3.63) is 23.3 Å². The van der Waals surface area contributed by atoms with Crippen LogP contribution >= 0.6 is 0 Å². The fourth-order valence-electron chi connectivity index (χ4n) is 1.24. The van der Waals surface area contributed by atoms with Crippen LogP contribution in [0.5, 0.6) is 5.75 Å². The molecule has 5 nitrogen and oxygen atoms in total. The number of hydrogen-bond acceptors (Lipinski definition) is 4. The van der Waals surface area contributed by atoms with Crippen LogP contribution in [0.3, 0.4) is 0 Å². The smallest absolute Gasteiger partial charge is 0.387 e. The second-order valence-electron chi connectivity index (χ2n) is 3.13. The van der Waals surface area contributed by atoms with Gasteiger partial charge in [-0.3, -0.25) is 0 Å². The van der Waals surface area contributed by atoms with Crippen molar-refractivity contribution in [1.29, 1.82) is 5.26 Å². The van der Waals surface area contributed by atoms with E-state index in [1.165, 1.54) is 6.92 Å². The minimum atomic E-state index is -4.10. The summed E-state index contributed by atoms with van der Waals surface area (Å²) < 4.78 is 50.4. The predicted octanol–water partition coefficient (Wildman–Crippen LogP) is 1.12. The largest absolute Gasteiger partial charge is 0.435 e. The van der Waals surface area contributed by atoms with Crippen LogP contribution < -0.4 is 9.88 Å². The number of alkyl halides is 2. The highest BCUT2D eigenvalue weighted by Crippen LogP contribution is 2.25. The second-order valence-corrected chi connectivity index (χ2v) is 4.66. The van der Waals surface area contributed by atoms with E-state index in [4.69, 9.17) is 10.4 Å². The fraction of sp³-hybridized carbons (Fsp3) is 0.222. The third-order valence-corrected chi connectivity index (χ3v) is 3.02. The van der Waals surface area contributed by atoms with E-state index in [0.29, 0.717) is 0 Å². The number of sulfonamides is 1. The van der Waals surface area contributed by atoms with Gasteiger partial charge in [0.25, 0.3) is 0 Å². The Kier molecular flexibility index (Phi) is 3.65. The van der Waals surface area contributed by atoms with Crippen molar-refractivity contribution in [3.8, 4) is 11.8 Å². The zero-order valence-corrected chi connectivity index (χ0v) is 9.46. The number of hydrogen-bond donors (Lipinski definition) is 1. The Morgan fingerprint density at radius 3 is 2.47 bits per heavy atom. The predicted molar refractivity (Wildman–Crippen MR) is 53.9 cm³/mol. The number of primary sulfonamides is 1. The van der Waals surface area contributed by atoms with Gasteiger partial charge in [0.05, 0.1) is 16.5 Å². The average molecular weight is 262 g/mol. The number of halogens is 2. The second kappa shape index (κ2) is 4.65. The van der Waals surface area contributed by atoms with Crippen molar-refractivity contribution in [2.75, 3.05) is 0 Å². The molecule has 0 radical (unpaired) electrons. The van der Waals surface area contributed by atoms with E-state index in [1.54, 1.807) is 6.07 Å². The molecule has 0 saturated heterocycles. The minimum Gasteiger partial charge on any atom is -0.435 e. The van der Waals surface area contributed by atoms with Gasteiger partial charge in [-0.1, -0.05) is 0 Å². The molecular formula is C9H8F2N2O3S. The highest BCUT2D eigenvalue weighted by atomic mass is 32.2. The molecule has 1 rings (SSSR count). The minimum absolute atomic E-state index is 0.0906. The van der Waals surface area contributed by atoms with E-state index in [-0.39, 0.29) is 11.1 Å². The van der Waals surface area contributed by atoms with Crippen LogP contribution in [0.15, 0.2) is 17.0 Å². The van der Waals surface area contributed by atoms with Gasteiger partial charge in [0.15, 0.2) is 0 Å². The third-order valence-electron chi connectivity index (χ3n) is 1.99. The molecule has 1 aromatic carbocycles. The average Bonchev–Trinajstić information content (AvgIpc) is 2.17. The lowest BCUT2D eigenvalue weighted by atomic mass is 10.1. The third kappa shape index (κ3) is 3.12. The van der Waals surface area contributed by atoms with Gasteiger partial charge in [-0.05, 0) is 18.6 Å². The molecule has 0 atom stereocenters. The highest BCUT2D eigenvalue weighted by molar-refractivity contribution is 7.89. The van der Waals surface area contributed by atoms with E-state index in [2.05, 4.69) is 4.74 Å². The van der Waals surface area contributed by atoms with E-state index in [9.17, 15) is 17.2 Å². The number of nitrogens with zero attached hydrogens (tertiary/aromatic N) is 1. The molecule has 1 aromatic rings. The molecule has 0 saturated carbocycles. The maximum absolute atomic E-state index is 12.0. The number of nitrogens with two attached hydrogens (primary N) is 1. The highest BCUT2D eigenvalue weighted by Gasteiger charge is 2.18. The molecule has 17 heavy (non-hydrogen) atoms. The van der Waals surface area contributed by atoms with Gasteiger partial charge in [0.2, 0.25) is 10.0 Å². The Bertz CT molecular complexity index is 579. The Balaban J connectivity index is 3.46.